The van der Waals surface area contributed by atoms with Gasteiger partial charge < -0.3 is 15.4 Å². The molecule has 1 saturated heterocycles. The number of hydrogen-bond donors (Lipinski definition) is 2. The first-order chi connectivity index (χ1) is 13.1. The Bertz CT molecular complexity index is 782. The molecule has 0 unspecified atom stereocenters. The highest BCUT2D eigenvalue weighted by Gasteiger charge is 2.30. The van der Waals surface area contributed by atoms with Crippen LogP contribution in [0.5, 0.6) is 0 Å². The molecule has 1 fully saturated rings. The van der Waals surface area contributed by atoms with Gasteiger partial charge in [0.15, 0.2) is 0 Å². The summed E-state index contributed by atoms with van der Waals surface area (Å²) in [6, 6.07) is 7.90. The third-order valence-electron chi connectivity index (χ3n) is 4.53. The van der Waals surface area contributed by atoms with E-state index < -0.39 is 5.92 Å². The summed E-state index contributed by atoms with van der Waals surface area (Å²) in [5.74, 6) is -1.14. The van der Waals surface area contributed by atoms with Gasteiger partial charge >= 0.3 is 0 Å². The summed E-state index contributed by atoms with van der Waals surface area (Å²) >= 11 is 1.12. The minimum absolute atomic E-state index is 0.0603. The van der Waals surface area contributed by atoms with Gasteiger partial charge in [0, 0.05) is 25.5 Å². The molecule has 2 aliphatic heterocycles. The van der Waals surface area contributed by atoms with E-state index >= 15 is 0 Å². The van der Waals surface area contributed by atoms with Crippen LogP contribution in [0.4, 0.5) is 4.39 Å². The van der Waals surface area contributed by atoms with Gasteiger partial charge in [-0.05, 0) is 30.5 Å². The number of carbonyl (C=O) groups is 2. The summed E-state index contributed by atoms with van der Waals surface area (Å²) in [4.78, 5) is 24.1. The highest BCUT2D eigenvalue weighted by atomic mass is 32.2. The summed E-state index contributed by atoms with van der Waals surface area (Å²) in [5.41, 5.74) is 1.09. The lowest BCUT2D eigenvalue weighted by atomic mass is 9.87. The Labute approximate surface area is 161 Å². The fourth-order valence-corrected chi connectivity index (χ4v) is 4.04. The van der Waals surface area contributed by atoms with Gasteiger partial charge in [0.1, 0.15) is 5.82 Å². The van der Waals surface area contributed by atoms with E-state index in [1.54, 1.807) is 12.1 Å². The molecule has 1 aromatic rings. The van der Waals surface area contributed by atoms with Crippen LogP contribution in [-0.2, 0) is 14.3 Å². The molecule has 0 spiro atoms. The van der Waals surface area contributed by atoms with E-state index in [-0.39, 0.29) is 35.9 Å². The van der Waals surface area contributed by atoms with Gasteiger partial charge in [-0.2, -0.15) is 5.26 Å². The number of ether oxygens (including phenoxy) is 1. The Morgan fingerprint density at radius 1 is 1.41 bits per heavy atom. The van der Waals surface area contributed by atoms with Crippen molar-refractivity contribution in [1.29, 1.82) is 5.26 Å². The molecule has 0 saturated carbocycles. The van der Waals surface area contributed by atoms with E-state index in [2.05, 4.69) is 16.7 Å². The van der Waals surface area contributed by atoms with E-state index in [1.807, 2.05) is 0 Å². The molecule has 0 aromatic heterocycles. The lowest BCUT2D eigenvalue weighted by Crippen LogP contribution is -2.34. The second-order valence-corrected chi connectivity index (χ2v) is 7.42. The number of carbonyl (C=O) groups excluding carboxylic acids is 2. The van der Waals surface area contributed by atoms with Gasteiger partial charge in [-0.3, -0.25) is 9.59 Å². The summed E-state index contributed by atoms with van der Waals surface area (Å²) < 4.78 is 18.6. The highest BCUT2D eigenvalue weighted by Crippen LogP contribution is 2.35. The summed E-state index contributed by atoms with van der Waals surface area (Å²) in [7, 11) is 0. The van der Waals surface area contributed by atoms with E-state index in [0.29, 0.717) is 22.7 Å². The first-order valence-electron chi connectivity index (χ1n) is 8.77. The molecule has 2 atom stereocenters. The lowest BCUT2D eigenvalue weighted by molar-refractivity contribution is -0.121. The van der Waals surface area contributed by atoms with Crippen molar-refractivity contribution in [3.63, 3.8) is 0 Å². The van der Waals surface area contributed by atoms with Crippen molar-refractivity contribution in [3.05, 3.63) is 46.2 Å². The van der Waals surface area contributed by atoms with Crippen LogP contribution in [0.15, 0.2) is 34.9 Å². The topological polar surface area (TPSA) is 91.2 Å². The Kier molecular flexibility index (Phi) is 6.48. The maximum atomic E-state index is 13.2. The van der Waals surface area contributed by atoms with Gasteiger partial charge in [0.2, 0.25) is 11.8 Å². The fraction of sp³-hybridized carbons (Fsp3) is 0.421. The second-order valence-electron chi connectivity index (χ2n) is 6.44. The molecule has 2 amide bonds. The SMILES string of the molecule is N#CC1=C(SCC(=O)NC[C@@H]2CCCO2)NC(=O)C[C@@H]1c1ccc(F)cc1. The zero-order chi connectivity index (χ0) is 19.2. The van der Waals surface area contributed by atoms with E-state index in [4.69, 9.17) is 4.74 Å². The Hall–Kier alpha value is -2.37. The number of hydrogen-bond acceptors (Lipinski definition) is 5. The molecule has 6 nitrogen and oxygen atoms in total. The number of thioether (sulfide) groups is 1. The normalized spacial score (nSPS) is 22.3. The van der Waals surface area contributed by atoms with Gasteiger partial charge in [-0.25, -0.2) is 4.39 Å². The molecular weight excluding hydrogens is 369 g/mol. The van der Waals surface area contributed by atoms with E-state index in [0.717, 1.165) is 31.2 Å². The average molecular weight is 389 g/mol. The predicted molar refractivity (Wildman–Crippen MR) is 99.0 cm³/mol. The van der Waals surface area contributed by atoms with Crippen molar-refractivity contribution in [2.45, 2.75) is 31.3 Å². The maximum Gasteiger partial charge on any atom is 0.230 e. The molecule has 3 rings (SSSR count). The van der Waals surface area contributed by atoms with Gasteiger partial charge in [0.05, 0.1) is 28.5 Å². The van der Waals surface area contributed by atoms with Crippen molar-refractivity contribution in [2.24, 2.45) is 0 Å². The maximum absolute atomic E-state index is 13.2. The van der Waals surface area contributed by atoms with Crippen LogP contribution in [0.1, 0.15) is 30.7 Å². The summed E-state index contributed by atoms with van der Waals surface area (Å²) in [6.45, 7) is 1.19. The van der Waals surface area contributed by atoms with Gasteiger partial charge in [0.25, 0.3) is 0 Å². The molecule has 0 bridgehead atoms. The zero-order valence-electron chi connectivity index (χ0n) is 14.7. The standard InChI is InChI=1S/C19H20FN3O3S/c20-13-5-3-12(4-6-13)15-8-17(24)23-19(16(15)9-21)27-11-18(25)22-10-14-2-1-7-26-14/h3-6,14-15H,1-2,7-8,10-11H2,(H,22,25)(H,23,24)/t14-,15+/m0/s1. The Balaban J connectivity index is 1.65. The molecule has 2 heterocycles. The second kappa shape index (κ2) is 9.02. The molecule has 8 heteroatoms. The Morgan fingerprint density at radius 2 is 2.19 bits per heavy atom. The van der Waals surface area contributed by atoms with E-state index in [1.165, 1.54) is 12.1 Å². The van der Waals surface area contributed by atoms with Crippen LogP contribution in [0, 0.1) is 17.1 Å². The lowest BCUT2D eigenvalue weighted by Gasteiger charge is -2.25. The first kappa shape index (κ1) is 19.4. The molecule has 0 aliphatic carbocycles. The third-order valence-corrected chi connectivity index (χ3v) is 5.54. The number of halogens is 1. The number of rotatable bonds is 6. The van der Waals surface area contributed by atoms with E-state index in [9.17, 15) is 19.2 Å². The van der Waals surface area contributed by atoms with Crippen LogP contribution in [0.3, 0.4) is 0 Å². The molecule has 2 N–H and O–H groups in total. The number of allylic oxidation sites excluding steroid dienone is 1. The molecule has 1 aromatic carbocycles. The van der Waals surface area contributed by atoms with Crippen molar-refractivity contribution in [3.8, 4) is 6.07 Å². The van der Waals surface area contributed by atoms with Crippen LogP contribution >= 0.6 is 11.8 Å². The molecule has 0 radical (unpaired) electrons. The van der Waals surface area contributed by atoms with Crippen LogP contribution in [0.25, 0.3) is 0 Å². The number of nitrogens with zero attached hydrogens (tertiary/aromatic N) is 1. The number of nitriles is 1. The van der Waals surface area contributed by atoms with Crippen molar-refractivity contribution in [2.75, 3.05) is 18.9 Å². The number of amides is 2. The van der Waals surface area contributed by atoms with Gasteiger partial charge in [-0.15, -0.1) is 0 Å². The van der Waals surface area contributed by atoms with Crippen LogP contribution < -0.4 is 10.6 Å². The smallest absolute Gasteiger partial charge is 0.230 e. The molecule has 2 aliphatic rings. The average Bonchev–Trinajstić information content (AvgIpc) is 3.18. The summed E-state index contributed by atoms with van der Waals surface area (Å²) in [6.07, 6.45) is 2.12. The number of benzene rings is 1. The first-order valence-corrected chi connectivity index (χ1v) is 9.76. The molecule has 27 heavy (non-hydrogen) atoms. The van der Waals surface area contributed by atoms with Gasteiger partial charge in [-0.1, -0.05) is 23.9 Å². The predicted octanol–water partition coefficient (Wildman–Crippen LogP) is 2.19. The zero-order valence-corrected chi connectivity index (χ0v) is 15.5. The monoisotopic (exact) mass is 389 g/mol. The minimum Gasteiger partial charge on any atom is -0.376 e. The van der Waals surface area contributed by atoms with Crippen molar-refractivity contribution >= 4 is 23.6 Å². The highest BCUT2D eigenvalue weighted by molar-refractivity contribution is 8.03. The Morgan fingerprint density at radius 3 is 2.85 bits per heavy atom. The summed E-state index contributed by atoms with van der Waals surface area (Å²) in [5, 5.41) is 15.5. The number of nitrogens with one attached hydrogen (secondary N) is 2. The van der Waals surface area contributed by atoms with Crippen molar-refractivity contribution in [1.82, 2.24) is 10.6 Å². The largest absolute Gasteiger partial charge is 0.376 e. The molecular formula is C19H20FN3O3S. The van der Waals surface area contributed by atoms with Crippen LogP contribution in [-0.4, -0.2) is 36.8 Å². The van der Waals surface area contributed by atoms with Crippen molar-refractivity contribution < 1.29 is 18.7 Å². The fourth-order valence-electron chi connectivity index (χ4n) is 3.13. The third kappa shape index (κ3) is 5.08. The van der Waals surface area contributed by atoms with Crippen LogP contribution in [0.2, 0.25) is 0 Å². The molecule has 142 valence electrons. The quantitative estimate of drug-likeness (QED) is 0.778. The minimum atomic E-state index is -0.443.